The molecule has 3 aromatic heterocycles. The van der Waals surface area contributed by atoms with Crippen LogP contribution in [-0.2, 0) is 11.3 Å². The number of hydrogen-bond donors (Lipinski definition) is 0. The summed E-state index contributed by atoms with van der Waals surface area (Å²) < 4.78 is 18.1. The van der Waals surface area contributed by atoms with Crippen molar-refractivity contribution < 1.29 is 13.9 Å². The minimum atomic E-state index is 0.491. The maximum absolute atomic E-state index is 5.94. The number of thiazole rings is 1. The molecule has 0 aliphatic carbocycles. The summed E-state index contributed by atoms with van der Waals surface area (Å²) in [7, 11) is 1.77. The molecule has 1 unspecified atom stereocenters. The van der Waals surface area contributed by atoms with Crippen LogP contribution >= 0.6 is 11.3 Å². The highest BCUT2D eigenvalue weighted by atomic mass is 32.1. The normalized spacial score (nSPS) is 17.7. The molecule has 4 heterocycles. The highest BCUT2D eigenvalue weighted by Gasteiger charge is 2.25. The molecule has 5 rings (SSSR count). The molecule has 1 atom stereocenters. The van der Waals surface area contributed by atoms with Gasteiger partial charge in [0.1, 0.15) is 11.3 Å². The average molecular weight is 395 g/mol. The summed E-state index contributed by atoms with van der Waals surface area (Å²) in [5, 5.41) is 1.71. The average Bonchev–Trinajstić information content (AvgIpc) is 3.41. The van der Waals surface area contributed by atoms with Gasteiger partial charge in [0.15, 0.2) is 5.65 Å². The third kappa shape index (κ3) is 3.37. The molecule has 28 heavy (non-hydrogen) atoms. The molecule has 144 valence electrons. The number of likely N-dealkylation sites (tertiary alicyclic amines) is 1. The largest absolute Gasteiger partial charge is 0.464 e. The lowest BCUT2D eigenvalue weighted by Crippen LogP contribution is -2.32. The van der Waals surface area contributed by atoms with E-state index in [9.17, 15) is 0 Å². The standard InChI is InChI=1S/C21H21N3O3S/c1-25-13-15-4-3-9-24(15)11-14-12-26-18-10-16(6-7-17(14)18)27-21-23-20-19(28-21)5-2-8-22-20/h2,5-8,10,12,15H,3-4,9,11,13H2,1H3. The molecular formula is C21H21N3O3S. The summed E-state index contributed by atoms with van der Waals surface area (Å²) in [6.45, 7) is 2.77. The number of benzene rings is 1. The second kappa shape index (κ2) is 7.50. The summed E-state index contributed by atoms with van der Waals surface area (Å²) in [6, 6.07) is 10.3. The summed E-state index contributed by atoms with van der Waals surface area (Å²) in [4.78, 5) is 11.2. The Balaban J connectivity index is 1.35. The van der Waals surface area contributed by atoms with Crippen LogP contribution in [0.15, 0.2) is 47.2 Å². The lowest BCUT2D eigenvalue weighted by molar-refractivity contribution is 0.112. The molecule has 0 bridgehead atoms. The first kappa shape index (κ1) is 17.6. The molecule has 6 nitrogen and oxygen atoms in total. The molecular weight excluding hydrogens is 374 g/mol. The molecule has 7 heteroatoms. The van der Waals surface area contributed by atoms with Crippen LogP contribution < -0.4 is 4.74 Å². The molecule has 0 saturated carbocycles. The van der Waals surface area contributed by atoms with Gasteiger partial charge in [-0.25, -0.2) is 4.98 Å². The monoisotopic (exact) mass is 395 g/mol. The lowest BCUT2D eigenvalue weighted by atomic mass is 10.1. The van der Waals surface area contributed by atoms with E-state index in [1.54, 1.807) is 13.3 Å². The van der Waals surface area contributed by atoms with Gasteiger partial charge >= 0.3 is 0 Å². The molecule has 0 radical (unpaired) electrons. The topological polar surface area (TPSA) is 60.6 Å². The number of ether oxygens (including phenoxy) is 2. The van der Waals surface area contributed by atoms with E-state index >= 15 is 0 Å². The predicted octanol–water partition coefficient (Wildman–Crippen LogP) is 4.84. The van der Waals surface area contributed by atoms with Crippen molar-refractivity contribution in [1.29, 1.82) is 0 Å². The van der Waals surface area contributed by atoms with Crippen LogP contribution in [0.4, 0.5) is 0 Å². The van der Waals surface area contributed by atoms with Crippen molar-refractivity contribution in [2.45, 2.75) is 25.4 Å². The van der Waals surface area contributed by atoms with Crippen LogP contribution in [0, 0.1) is 0 Å². The zero-order valence-electron chi connectivity index (χ0n) is 15.6. The Kier molecular flexibility index (Phi) is 4.72. The van der Waals surface area contributed by atoms with Crippen LogP contribution in [0.25, 0.3) is 21.3 Å². The maximum atomic E-state index is 5.94. The van der Waals surface area contributed by atoms with Gasteiger partial charge in [-0.3, -0.25) is 4.90 Å². The third-order valence-electron chi connectivity index (χ3n) is 5.21. The minimum Gasteiger partial charge on any atom is -0.464 e. The van der Waals surface area contributed by atoms with Crippen LogP contribution in [0.3, 0.4) is 0 Å². The van der Waals surface area contributed by atoms with Crippen LogP contribution in [0.5, 0.6) is 10.9 Å². The van der Waals surface area contributed by atoms with Crippen molar-refractivity contribution >= 4 is 32.7 Å². The van der Waals surface area contributed by atoms with Gasteiger partial charge in [-0.15, -0.1) is 0 Å². The molecule has 1 saturated heterocycles. The minimum absolute atomic E-state index is 0.491. The Morgan fingerprint density at radius 2 is 2.29 bits per heavy atom. The summed E-state index contributed by atoms with van der Waals surface area (Å²) in [5.74, 6) is 0.714. The van der Waals surface area contributed by atoms with E-state index in [1.807, 2.05) is 30.5 Å². The molecule has 1 aliphatic rings. The molecule has 4 aromatic rings. The van der Waals surface area contributed by atoms with Crippen molar-refractivity contribution in [2.75, 3.05) is 20.3 Å². The van der Waals surface area contributed by atoms with E-state index in [-0.39, 0.29) is 0 Å². The van der Waals surface area contributed by atoms with Crippen LogP contribution in [0.1, 0.15) is 18.4 Å². The van der Waals surface area contributed by atoms with E-state index in [0.29, 0.717) is 22.6 Å². The Hall–Kier alpha value is -2.48. The van der Waals surface area contributed by atoms with Crippen molar-refractivity contribution in [3.8, 4) is 10.9 Å². The second-order valence-corrected chi connectivity index (χ2v) is 8.04. The van der Waals surface area contributed by atoms with Gasteiger partial charge in [-0.1, -0.05) is 11.3 Å². The number of hydrogen-bond acceptors (Lipinski definition) is 7. The SMILES string of the molecule is COCC1CCCN1Cc1coc2cc(Oc3nc4ncccc4s3)ccc12. The fourth-order valence-corrected chi connectivity index (χ4v) is 4.64. The van der Waals surface area contributed by atoms with Crippen molar-refractivity contribution in [2.24, 2.45) is 0 Å². The Morgan fingerprint density at radius 3 is 3.18 bits per heavy atom. The number of aromatic nitrogens is 2. The summed E-state index contributed by atoms with van der Waals surface area (Å²) in [6.07, 6.45) is 6.01. The van der Waals surface area contributed by atoms with Crippen molar-refractivity contribution in [1.82, 2.24) is 14.9 Å². The number of nitrogens with zero attached hydrogens (tertiary/aromatic N) is 3. The lowest BCUT2D eigenvalue weighted by Gasteiger charge is -2.23. The fraction of sp³-hybridized carbons (Fsp3) is 0.333. The fourth-order valence-electron chi connectivity index (χ4n) is 3.85. The van der Waals surface area contributed by atoms with Crippen molar-refractivity contribution in [3.63, 3.8) is 0 Å². The molecule has 0 spiro atoms. The third-order valence-corrected chi connectivity index (χ3v) is 6.10. The maximum Gasteiger partial charge on any atom is 0.281 e. The highest BCUT2D eigenvalue weighted by Crippen LogP contribution is 2.33. The van der Waals surface area contributed by atoms with Gasteiger partial charge in [0.2, 0.25) is 0 Å². The molecule has 0 amide bonds. The highest BCUT2D eigenvalue weighted by molar-refractivity contribution is 7.20. The van der Waals surface area contributed by atoms with Gasteiger partial charge in [-0.2, -0.15) is 4.98 Å². The molecule has 1 aromatic carbocycles. The van der Waals surface area contributed by atoms with E-state index in [1.165, 1.54) is 29.7 Å². The number of fused-ring (bicyclic) bond motifs is 2. The van der Waals surface area contributed by atoms with Crippen LogP contribution in [0.2, 0.25) is 0 Å². The quantitative estimate of drug-likeness (QED) is 0.465. The van der Waals surface area contributed by atoms with Gasteiger partial charge < -0.3 is 13.9 Å². The number of rotatable bonds is 6. The summed E-state index contributed by atoms with van der Waals surface area (Å²) in [5.41, 5.74) is 2.74. The Labute approximate surface area is 166 Å². The Bertz CT molecular complexity index is 1070. The van der Waals surface area contributed by atoms with Gasteiger partial charge in [-0.05, 0) is 43.7 Å². The van der Waals surface area contributed by atoms with E-state index < -0.39 is 0 Å². The van der Waals surface area contributed by atoms with Crippen LogP contribution in [-0.4, -0.2) is 41.2 Å². The van der Waals surface area contributed by atoms with E-state index in [0.717, 1.165) is 35.4 Å². The second-order valence-electron chi connectivity index (χ2n) is 7.05. The van der Waals surface area contributed by atoms with Gasteiger partial charge in [0, 0.05) is 42.9 Å². The summed E-state index contributed by atoms with van der Waals surface area (Å²) >= 11 is 1.48. The smallest absolute Gasteiger partial charge is 0.281 e. The van der Waals surface area contributed by atoms with Crippen molar-refractivity contribution in [3.05, 3.63) is 48.4 Å². The molecule has 0 N–H and O–H groups in total. The number of methoxy groups -OCH3 is 1. The first-order valence-corrected chi connectivity index (χ1v) is 10.2. The van der Waals surface area contributed by atoms with E-state index in [2.05, 4.69) is 20.9 Å². The number of pyridine rings is 1. The molecule has 1 aliphatic heterocycles. The van der Waals surface area contributed by atoms with E-state index in [4.69, 9.17) is 13.9 Å². The molecule has 1 fully saturated rings. The Morgan fingerprint density at radius 1 is 1.32 bits per heavy atom. The zero-order chi connectivity index (χ0) is 18.9. The number of furan rings is 1. The first-order valence-electron chi connectivity index (χ1n) is 9.43. The zero-order valence-corrected chi connectivity index (χ0v) is 16.4. The van der Waals surface area contributed by atoms with Gasteiger partial charge in [0.25, 0.3) is 5.19 Å². The van der Waals surface area contributed by atoms with Gasteiger partial charge in [0.05, 0.1) is 17.6 Å². The first-order chi connectivity index (χ1) is 13.8. The predicted molar refractivity (Wildman–Crippen MR) is 109 cm³/mol.